The van der Waals surface area contributed by atoms with Gasteiger partial charge in [0.25, 0.3) is 0 Å². The van der Waals surface area contributed by atoms with E-state index in [4.69, 9.17) is 0 Å². The third kappa shape index (κ3) is 5.09. The first-order valence-corrected chi connectivity index (χ1v) is 10.4. The van der Waals surface area contributed by atoms with Crippen LogP contribution in [0.25, 0.3) is 0 Å². The molecule has 3 heterocycles. The molecule has 8 nitrogen and oxygen atoms in total. The Morgan fingerprint density at radius 2 is 1.83 bits per heavy atom. The Labute approximate surface area is 171 Å². The number of hydrazine groups is 1. The summed E-state index contributed by atoms with van der Waals surface area (Å²) in [6.45, 7) is 6.22. The molecule has 1 aromatic heterocycles. The van der Waals surface area contributed by atoms with Crippen LogP contribution in [0.1, 0.15) is 18.0 Å². The second-order valence-corrected chi connectivity index (χ2v) is 7.54. The van der Waals surface area contributed by atoms with E-state index in [1.165, 1.54) is 0 Å². The van der Waals surface area contributed by atoms with Crippen molar-refractivity contribution in [2.24, 2.45) is 5.92 Å². The van der Waals surface area contributed by atoms with Gasteiger partial charge < -0.3 is 10.2 Å². The van der Waals surface area contributed by atoms with Crippen LogP contribution in [-0.2, 0) is 4.79 Å². The molecule has 8 heteroatoms. The van der Waals surface area contributed by atoms with E-state index in [-0.39, 0.29) is 17.9 Å². The average molecular weight is 396 g/mol. The fourth-order valence-corrected chi connectivity index (χ4v) is 3.99. The van der Waals surface area contributed by atoms with E-state index in [9.17, 15) is 4.79 Å². The molecule has 1 amide bonds. The van der Waals surface area contributed by atoms with Gasteiger partial charge in [0.2, 0.25) is 11.9 Å². The summed E-state index contributed by atoms with van der Waals surface area (Å²) in [6, 6.07) is 12.0. The maximum absolute atomic E-state index is 12.7. The second-order valence-electron chi connectivity index (χ2n) is 7.54. The van der Waals surface area contributed by atoms with Crippen molar-refractivity contribution in [1.29, 1.82) is 0 Å². The van der Waals surface area contributed by atoms with Crippen LogP contribution in [0.2, 0.25) is 0 Å². The normalized spacial score (nSPS) is 22.6. The van der Waals surface area contributed by atoms with Crippen molar-refractivity contribution in [3.8, 4) is 0 Å². The predicted molar refractivity (Wildman–Crippen MR) is 112 cm³/mol. The topological polar surface area (TPSA) is 85.4 Å². The maximum Gasteiger partial charge on any atom is 0.226 e. The zero-order valence-electron chi connectivity index (χ0n) is 16.6. The lowest BCUT2D eigenvalue weighted by Gasteiger charge is -2.34. The molecule has 0 saturated carbocycles. The Bertz CT molecular complexity index is 765. The van der Waals surface area contributed by atoms with Crippen LogP contribution in [-0.4, -0.2) is 66.6 Å². The highest BCUT2D eigenvalue weighted by atomic mass is 16.2. The first-order valence-electron chi connectivity index (χ1n) is 10.4. The number of carbonyl (C=O) groups is 1. The second kappa shape index (κ2) is 9.78. The molecule has 0 spiro atoms. The van der Waals surface area contributed by atoms with Gasteiger partial charge in [-0.3, -0.25) is 15.1 Å². The van der Waals surface area contributed by atoms with Gasteiger partial charge in [0.05, 0.1) is 12.0 Å². The molecule has 4 rings (SSSR count). The van der Waals surface area contributed by atoms with Crippen molar-refractivity contribution in [2.75, 3.05) is 50.7 Å². The van der Waals surface area contributed by atoms with Crippen LogP contribution in [0.4, 0.5) is 5.95 Å². The van der Waals surface area contributed by atoms with Crippen LogP contribution in [0.15, 0.2) is 48.8 Å². The van der Waals surface area contributed by atoms with Gasteiger partial charge in [0, 0.05) is 51.7 Å². The molecule has 0 bridgehead atoms. The molecule has 2 fully saturated rings. The van der Waals surface area contributed by atoms with E-state index in [0.717, 1.165) is 50.7 Å². The molecule has 2 aliphatic rings. The van der Waals surface area contributed by atoms with Crippen molar-refractivity contribution in [3.05, 3.63) is 54.4 Å². The molecule has 0 aliphatic carbocycles. The summed E-state index contributed by atoms with van der Waals surface area (Å²) in [5, 5.41) is 3.12. The van der Waals surface area contributed by atoms with Gasteiger partial charge in [-0.05, 0) is 24.6 Å². The molecule has 2 aliphatic heterocycles. The lowest BCUT2D eigenvalue weighted by molar-refractivity contribution is -0.124. The maximum atomic E-state index is 12.7. The summed E-state index contributed by atoms with van der Waals surface area (Å²) in [5.41, 5.74) is 7.49. The molecular formula is C21H29N7O. The highest BCUT2D eigenvalue weighted by Gasteiger charge is 2.33. The minimum absolute atomic E-state index is 0.0180. The van der Waals surface area contributed by atoms with Gasteiger partial charge >= 0.3 is 0 Å². The summed E-state index contributed by atoms with van der Waals surface area (Å²) in [4.78, 5) is 26.0. The SMILES string of the molecule is O=C(NCCCN1CCN(c2ncccn2)CC1)C1CNNC1c1ccccc1. The fraction of sp³-hybridized carbons (Fsp3) is 0.476. The molecule has 3 N–H and O–H groups in total. The third-order valence-corrected chi connectivity index (χ3v) is 5.63. The predicted octanol–water partition coefficient (Wildman–Crippen LogP) is 0.570. The number of piperazine rings is 1. The lowest BCUT2D eigenvalue weighted by Crippen LogP contribution is -2.47. The molecule has 2 unspecified atom stereocenters. The Hall–Kier alpha value is -2.55. The van der Waals surface area contributed by atoms with Crippen molar-refractivity contribution in [1.82, 2.24) is 31.0 Å². The minimum Gasteiger partial charge on any atom is -0.356 e. The van der Waals surface area contributed by atoms with Gasteiger partial charge in [-0.2, -0.15) is 0 Å². The fourth-order valence-electron chi connectivity index (χ4n) is 3.99. The quantitative estimate of drug-likeness (QED) is 0.591. The highest BCUT2D eigenvalue weighted by molar-refractivity contribution is 5.80. The van der Waals surface area contributed by atoms with E-state index in [0.29, 0.717) is 13.1 Å². The number of nitrogens with zero attached hydrogens (tertiary/aromatic N) is 4. The third-order valence-electron chi connectivity index (χ3n) is 5.63. The summed E-state index contributed by atoms with van der Waals surface area (Å²) >= 11 is 0. The van der Waals surface area contributed by atoms with E-state index < -0.39 is 0 Å². The minimum atomic E-state index is -0.0909. The Kier molecular flexibility index (Phi) is 6.66. The molecule has 154 valence electrons. The van der Waals surface area contributed by atoms with Gasteiger partial charge in [-0.15, -0.1) is 0 Å². The van der Waals surface area contributed by atoms with Crippen LogP contribution >= 0.6 is 0 Å². The number of anilines is 1. The van der Waals surface area contributed by atoms with Crippen molar-refractivity contribution >= 4 is 11.9 Å². The van der Waals surface area contributed by atoms with Crippen molar-refractivity contribution < 1.29 is 4.79 Å². The van der Waals surface area contributed by atoms with E-state index in [1.807, 2.05) is 24.3 Å². The number of amides is 1. The van der Waals surface area contributed by atoms with Crippen molar-refractivity contribution in [2.45, 2.75) is 12.5 Å². The van der Waals surface area contributed by atoms with Gasteiger partial charge in [0.1, 0.15) is 0 Å². The van der Waals surface area contributed by atoms with Gasteiger partial charge in [-0.25, -0.2) is 15.4 Å². The molecular weight excluding hydrogens is 366 g/mol. The van der Waals surface area contributed by atoms with E-state index in [2.05, 4.69) is 48.1 Å². The summed E-state index contributed by atoms with van der Waals surface area (Å²) in [5.74, 6) is 0.834. The Morgan fingerprint density at radius 3 is 2.59 bits per heavy atom. The number of aromatic nitrogens is 2. The number of nitrogens with one attached hydrogen (secondary N) is 3. The molecule has 1 aromatic carbocycles. The Morgan fingerprint density at radius 1 is 1.07 bits per heavy atom. The number of hydrogen-bond acceptors (Lipinski definition) is 7. The standard InChI is InChI=1S/C21H29N7O/c29-20(18-16-25-26-19(18)17-6-2-1-3-7-17)22-10-5-11-27-12-14-28(15-13-27)21-23-8-4-9-24-21/h1-4,6-9,18-19,25-26H,5,10-16H2,(H,22,29). The molecule has 2 atom stereocenters. The van der Waals surface area contributed by atoms with E-state index >= 15 is 0 Å². The highest BCUT2D eigenvalue weighted by Crippen LogP contribution is 2.24. The smallest absolute Gasteiger partial charge is 0.226 e. The van der Waals surface area contributed by atoms with Crippen LogP contribution < -0.4 is 21.1 Å². The molecule has 2 aromatic rings. The van der Waals surface area contributed by atoms with Gasteiger partial charge in [0.15, 0.2) is 0 Å². The molecule has 29 heavy (non-hydrogen) atoms. The molecule has 2 saturated heterocycles. The largest absolute Gasteiger partial charge is 0.356 e. The first-order chi connectivity index (χ1) is 14.3. The lowest BCUT2D eigenvalue weighted by atomic mass is 9.94. The van der Waals surface area contributed by atoms with E-state index in [1.54, 1.807) is 12.4 Å². The zero-order valence-corrected chi connectivity index (χ0v) is 16.6. The van der Waals surface area contributed by atoms with Crippen LogP contribution in [0.5, 0.6) is 0 Å². The number of carbonyl (C=O) groups excluding carboxylic acids is 1. The zero-order chi connectivity index (χ0) is 19.9. The average Bonchev–Trinajstić information content (AvgIpc) is 3.28. The number of hydrogen-bond donors (Lipinski definition) is 3. The Balaban J connectivity index is 1.16. The van der Waals surface area contributed by atoms with Crippen molar-refractivity contribution in [3.63, 3.8) is 0 Å². The number of rotatable bonds is 7. The summed E-state index contributed by atoms with van der Waals surface area (Å²) in [6.07, 6.45) is 4.53. The monoisotopic (exact) mass is 395 g/mol. The summed E-state index contributed by atoms with van der Waals surface area (Å²) < 4.78 is 0. The number of benzene rings is 1. The van der Waals surface area contributed by atoms with Gasteiger partial charge in [-0.1, -0.05) is 30.3 Å². The summed E-state index contributed by atoms with van der Waals surface area (Å²) in [7, 11) is 0. The van der Waals surface area contributed by atoms with Crippen LogP contribution in [0, 0.1) is 5.92 Å². The first kappa shape index (κ1) is 19.8. The molecule has 0 radical (unpaired) electrons. The van der Waals surface area contributed by atoms with Crippen LogP contribution in [0.3, 0.4) is 0 Å².